The first-order valence-electron chi connectivity index (χ1n) is 9.75. The smallest absolute Gasteiger partial charge is 0.258 e. The van der Waals surface area contributed by atoms with Crippen molar-refractivity contribution in [1.29, 1.82) is 0 Å². The highest BCUT2D eigenvalue weighted by Gasteiger charge is 2.28. The van der Waals surface area contributed by atoms with Gasteiger partial charge in [0.15, 0.2) is 0 Å². The van der Waals surface area contributed by atoms with E-state index in [1.54, 1.807) is 6.33 Å². The molecule has 0 spiro atoms. The van der Waals surface area contributed by atoms with Crippen LogP contribution in [0.1, 0.15) is 11.1 Å². The van der Waals surface area contributed by atoms with Crippen molar-refractivity contribution in [3.63, 3.8) is 0 Å². The van der Waals surface area contributed by atoms with Crippen molar-refractivity contribution in [2.45, 2.75) is 0 Å². The summed E-state index contributed by atoms with van der Waals surface area (Å²) in [5.74, 6) is -0.104. The van der Waals surface area contributed by atoms with Gasteiger partial charge >= 0.3 is 0 Å². The number of nitrogens with one attached hydrogen (secondary N) is 2. The monoisotopic (exact) mass is 392 g/mol. The van der Waals surface area contributed by atoms with Gasteiger partial charge in [-0.1, -0.05) is 60.7 Å². The minimum absolute atomic E-state index is 0.104. The van der Waals surface area contributed by atoms with Gasteiger partial charge in [0.05, 0.1) is 23.3 Å². The van der Waals surface area contributed by atoms with E-state index in [1.807, 2.05) is 96.7 Å². The summed E-state index contributed by atoms with van der Waals surface area (Å²) in [5.41, 5.74) is 6.98. The van der Waals surface area contributed by atoms with Crippen LogP contribution >= 0.6 is 0 Å². The second-order valence-corrected chi connectivity index (χ2v) is 7.24. The van der Waals surface area contributed by atoms with Crippen LogP contribution in [-0.2, 0) is 11.8 Å². The molecule has 0 saturated heterocycles. The van der Waals surface area contributed by atoms with E-state index in [0.717, 1.165) is 39.5 Å². The van der Waals surface area contributed by atoms with Crippen LogP contribution in [-0.4, -0.2) is 15.5 Å². The third kappa shape index (κ3) is 3.26. The average molecular weight is 392 g/mol. The molecule has 5 heteroatoms. The first-order valence-corrected chi connectivity index (χ1v) is 9.75. The number of fused-ring (bicyclic) bond motifs is 1. The van der Waals surface area contributed by atoms with Crippen LogP contribution in [0, 0.1) is 0 Å². The molecule has 0 radical (unpaired) electrons. The summed E-state index contributed by atoms with van der Waals surface area (Å²) in [4.78, 5) is 17.3. The molecule has 1 aliphatic heterocycles. The Morgan fingerprint density at radius 3 is 2.40 bits per heavy atom. The summed E-state index contributed by atoms with van der Waals surface area (Å²) in [6.07, 6.45) is 3.77. The van der Waals surface area contributed by atoms with Gasteiger partial charge < -0.3 is 15.2 Å². The Hall–Kier alpha value is -4.12. The number of aromatic nitrogens is 2. The summed E-state index contributed by atoms with van der Waals surface area (Å²) in [6.45, 7) is 0. The van der Waals surface area contributed by atoms with Crippen molar-refractivity contribution in [2.24, 2.45) is 7.05 Å². The lowest BCUT2D eigenvalue weighted by Gasteiger charge is -2.15. The van der Waals surface area contributed by atoms with E-state index in [4.69, 9.17) is 0 Å². The number of benzene rings is 3. The number of imidazole rings is 1. The molecule has 1 amide bonds. The lowest BCUT2D eigenvalue weighted by Crippen LogP contribution is -2.10. The number of para-hydroxylation sites is 1. The maximum absolute atomic E-state index is 12.9. The first kappa shape index (κ1) is 17.9. The molecule has 4 aromatic rings. The maximum Gasteiger partial charge on any atom is 0.258 e. The summed E-state index contributed by atoms with van der Waals surface area (Å²) >= 11 is 0. The summed E-state index contributed by atoms with van der Waals surface area (Å²) in [5, 5.41) is 6.45. The van der Waals surface area contributed by atoms with Crippen LogP contribution in [0.15, 0.2) is 91.4 Å². The van der Waals surface area contributed by atoms with Gasteiger partial charge in [-0.25, -0.2) is 4.98 Å². The first-order chi connectivity index (χ1) is 14.7. The van der Waals surface area contributed by atoms with Gasteiger partial charge in [0.2, 0.25) is 0 Å². The van der Waals surface area contributed by atoms with Crippen LogP contribution in [0.25, 0.3) is 22.5 Å². The molecule has 1 aromatic heterocycles. The molecule has 0 fully saturated rings. The normalized spacial score (nSPS) is 14.2. The van der Waals surface area contributed by atoms with Crippen LogP contribution in [0.5, 0.6) is 0 Å². The molecule has 0 aliphatic carbocycles. The van der Waals surface area contributed by atoms with E-state index in [1.165, 1.54) is 0 Å². The predicted molar refractivity (Wildman–Crippen MR) is 121 cm³/mol. The number of hydrogen-bond acceptors (Lipinski definition) is 3. The molecular weight excluding hydrogens is 372 g/mol. The van der Waals surface area contributed by atoms with E-state index in [0.29, 0.717) is 5.57 Å². The molecular formula is C25H20N4O. The summed E-state index contributed by atoms with van der Waals surface area (Å²) < 4.78 is 1.93. The zero-order valence-electron chi connectivity index (χ0n) is 16.5. The van der Waals surface area contributed by atoms with E-state index in [2.05, 4.69) is 15.6 Å². The predicted octanol–water partition coefficient (Wildman–Crippen LogP) is 5.02. The SMILES string of the molecule is Cn1cnc(-c2ccc(N/C(=C3\C(=O)Nc4ccccc43)c3ccccc3)cc2)c1. The van der Waals surface area contributed by atoms with Gasteiger partial charge in [-0.3, -0.25) is 4.79 Å². The zero-order valence-corrected chi connectivity index (χ0v) is 16.5. The molecule has 1 aliphatic rings. The third-order valence-corrected chi connectivity index (χ3v) is 5.14. The highest BCUT2D eigenvalue weighted by molar-refractivity contribution is 6.37. The fourth-order valence-corrected chi connectivity index (χ4v) is 3.68. The Bertz CT molecular complexity index is 1250. The Balaban J connectivity index is 1.57. The van der Waals surface area contributed by atoms with Gasteiger partial charge in [0.1, 0.15) is 0 Å². The molecule has 0 atom stereocenters. The molecule has 5 rings (SSSR count). The number of anilines is 2. The number of nitrogens with zero attached hydrogens (tertiary/aromatic N) is 2. The standard InChI is InChI=1S/C25H20N4O/c1-29-15-22(26-16-29)17-11-13-19(14-12-17)27-24(18-7-3-2-4-8-18)23-20-9-5-6-10-21(20)28-25(23)30/h2-16,27H,1H3,(H,28,30)/b24-23-. The summed E-state index contributed by atoms with van der Waals surface area (Å²) in [6, 6.07) is 25.8. The van der Waals surface area contributed by atoms with Gasteiger partial charge in [0, 0.05) is 35.7 Å². The van der Waals surface area contributed by atoms with Gasteiger partial charge in [0.25, 0.3) is 5.91 Å². The van der Waals surface area contributed by atoms with E-state index < -0.39 is 0 Å². The molecule has 2 heterocycles. The molecule has 30 heavy (non-hydrogen) atoms. The number of aryl methyl sites for hydroxylation is 1. The molecule has 2 N–H and O–H groups in total. The molecule has 3 aromatic carbocycles. The molecule has 0 saturated carbocycles. The van der Waals surface area contributed by atoms with E-state index in [-0.39, 0.29) is 5.91 Å². The highest BCUT2D eigenvalue weighted by Crippen LogP contribution is 2.37. The Labute approximate surface area is 174 Å². The van der Waals surface area contributed by atoms with Crippen LogP contribution in [0.3, 0.4) is 0 Å². The van der Waals surface area contributed by atoms with Crippen molar-refractivity contribution < 1.29 is 4.79 Å². The lowest BCUT2D eigenvalue weighted by atomic mass is 10.00. The average Bonchev–Trinajstić information content (AvgIpc) is 3.35. The van der Waals surface area contributed by atoms with Crippen LogP contribution in [0.2, 0.25) is 0 Å². The molecule has 0 unspecified atom stereocenters. The number of amides is 1. The van der Waals surface area contributed by atoms with Crippen molar-refractivity contribution in [1.82, 2.24) is 9.55 Å². The van der Waals surface area contributed by atoms with Crippen LogP contribution < -0.4 is 10.6 Å². The number of hydrogen-bond donors (Lipinski definition) is 2. The molecule has 0 bridgehead atoms. The van der Waals surface area contributed by atoms with Gasteiger partial charge in [-0.15, -0.1) is 0 Å². The van der Waals surface area contributed by atoms with Crippen molar-refractivity contribution in [2.75, 3.05) is 10.6 Å². The van der Waals surface area contributed by atoms with Crippen LogP contribution in [0.4, 0.5) is 11.4 Å². The second kappa shape index (κ2) is 7.37. The quantitative estimate of drug-likeness (QED) is 0.480. The summed E-state index contributed by atoms with van der Waals surface area (Å²) in [7, 11) is 1.95. The lowest BCUT2D eigenvalue weighted by molar-refractivity contribution is -0.110. The fourth-order valence-electron chi connectivity index (χ4n) is 3.68. The molecule has 146 valence electrons. The topological polar surface area (TPSA) is 59.0 Å². The number of carbonyl (C=O) groups excluding carboxylic acids is 1. The van der Waals surface area contributed by atoms with Crippen molar-refractivity contribution in [3.05, 3.63) is 103 Å². The van der Waals surface area contributed by atoms with Gasteiger partial charge in [-0.05, 0) is 23.8 Å². The fraction of sp³-hybridized carbons (Fsp3) is 0.0400. The van der Waals surface area contributed by atoms with Crippen molar-refractivity contribution >= 4 is 28.6 Å². The zero-order chi connectivity index (χ0) is 20.5. The number of carbonyl (C=O) groups is 1. The Kier molecular flexibility index (Phi) is 4.41. The largest absolute Gasteiger partial charge is 0.354 e. The minimum atomic E-state index is -0.104. The second-order valence-electron chi connectivity index (χ2n) is 7.24. The minimum Gasteiger partial charge on any atom is -0.354 e. The van der Waals surface area contributed by atoms with E-state index >= 15 is 0 Å². The highest BCUT2D eigenvalue weighted by atomic mass is 16.2. The van der Waals surface area contributed by atoms with Crippen molar-refractivity contribution in [3.8, 4) is 11.3 Å². The van der Waals surface area contributed by atoms with E-state index in [9.17, 15) is 4.79 Å². The molecule has 5 nitrogen and oxygen atoms in total. The third-order valence-electron chi connectivity index (χ3n) is 5.14. The Morgan fingerprint density at radius 2 is 1.67 bits per heavy atom. The maximum atomic E-state index is 12.9. The van der Waals surface area contributed by atoms with Gasteiger partial charge in [-0.2, -0.15) is 0 Å². The Morgan fingerprint density at radius 1 is 0.933 bits per heavy atom. The number of rotatable bonds is 4.